The summed E-state index contributed by atoms with van der Waals surface area (Å²) < 4.78 is 10.5. The van der Waals surface area contributed by atoms with Crippen LogP contribution in [0.5, 0.6) is 11.5 Å². The first kappa shape index (κ1) is 15.6. The largest absolute Gasteiger partial charge is 0.493 e. The minimum Gasteiger partial charge on any atom is -0.493 e. The minimum absolute atomic E-state index is 0.0851. The fourth-order valence-electron chi connectivity index (χ4n) is 2.17. The molecule has 22 heavy (non-hydrogen) atoms. The van der Waals surface area contributed by atoms with Crippen molar-refractivity contribution in [2.24, 2.45) is 0 Å². The average Bonchev–Trinajstić information content (AvgIpc) is 2.55. The first-order valence-electron chi connectivity index (χ1n) is 6.86. The van der Waals surface area contributed by atoms with Gasteiger partial charge in [-0.3, -0.25) is 0 Å². The first-order valence-corrected chi connectivity index (χ1v) is 6.86. The lowest BCUT2D eigenvalue weighted by Gasteiger charge is -2.16. The highest BCUT2D eigenvalue weighted by Crippen LogP contribution is 2.28. The number of benzene rings is 1. The van der Waals surface area contributed by atoms with Crippen molar-refractivity contribution in [2.75, 3.05) is 19.5 Å². The predicted octanol–water partition coefficient (Wildman–Crippen LogP) is 2.41. The number of methoxy groups -OCH3 is 2. The van der Waals surface area contributed by atoms with E-state index in [-0.39, 0.29) is 6.04 Å². The maximum Gasteiger partial charge on any atom is 0.182 e. The molecule has 1 heterocycles. The lowest BCUT2D eigenvalue weighted by molar-refractivity contribution is 0.354. The van der Waals surface area contributed by atoms with Gasteiger partial charge in [0.25, 0.3) is 0 Å². The van der Waals surface area contributed by atoms with E-state index in [1.54, 1.807) is 20.4 Å². The van der Waals surface area contributed by atoms with E-state index in [0.717, 1.165) is 12.0 Å². The zero-order chi connectivity index (χ0) is 15.9. The van der Waals surface area contributed by atoms with E-state index in [1.165, 1.54) is 6.20 Å². The van der Waals surface area contributed by atoms with Gasteiger partial charge in [-0.05, 0) is 31.0 Å². The third kappa shape index (κ3) is 3.64. The Labute approximate surface area is 129 Å². The Kier molecular flexibility index (Phi) is 5.15. The second-order valence-corrected chi connectivity index (χ2v) is 4.80. The van der Waals surface area contributed by atoms with Crippen LogP contribution in [0.25, 0.3) is 0 Å². The summed E-state index contributed by atoms with van der Waals surface area (Å²) in [6.07, 6.45) is 3.82. The summed E-state index contributed by atoms with van der Waals surface area (Å²) in [4.78, 5) is 8.14. The molecule has 2 aromatic rings. The Hall–Kier alpha value is -2.81. The normalized spacial score (nSPS) is 11.4. The van der Waals surface area contributed by atoms with Gasteiger partial charge in [-0.25, -0.2) is 9.97 Å². The summed E-state index contributed by atoms with van der Waals surface area (Å²) in [7, 11) is 3.22. The van der Waals surface area contributed by atoms with Crippen molar-refractivity contribution < 1.29 is 9.47 Å². The van der Waals surface area contributed by atoms with Crippen molar-refractivity contribution in [3.05, 3.63) is 41.9 Å². The number of hydrogen-bond donors (Lipinski definition) is 1. The van der Waals surface area contributed by atoms with E-state index in [4.69, 9.17) is 14.7 Å². The fourth-order valence-corrected chi connectivity index (χ4v) is 2.17. The highest BCUT2D eigenvalue weighted by atomic mass is 16.5. The van der Waals surface area contributed by atoms with Gasteiger partial charge in [0.05, 0.1) is 14.2 Å². The van der Waals surface area contributed by atoms with Gasteiger partial charge < -0.3 is 14.8 Å². The van der Waals surface area contributed by atoms with Crippen molar-refractivity contribution in [2.45, 2.75) is 19.4 Å². The molecule has 0 aliphatic heterocycles. The second-order valence-electron chi connectivity index (χ2n) is 4.80. The lowest BCUT2D eigenvalue weighted by atomic mass is 10.1. The zero-order valence-corrected chi connectivity index (χ0v) is 12.8. The number of rotatable bonds is 6. The molecule has 0 aliphatic carbocycles. The van der Waals surface area contributed by atoms with Crippen LogP contribution >= 0.6 is 0 Å². The molecule has 2 rings (SSSR count). The van der Waals surface area contributed by atoms with Crippen LogP contribution in [0.4, 0.5) is 5.82 Å². The molecule has 1 aromatic carbocycles. The topological polar surface area (TPSA) is 80.1 Å². The van der Waals surface area contributed by atoms with Crippen LogP contribution in [0, 0.1) is 11.3 Å². The Morgan fingerprint density at radius 3 is 2.59 bits per heavy atom. The van der Waals surface area contributed by atoms with Crippen molar-refractivity contribution in [3.63, 3.8) is 0 Å². The summed E-state index contributed by atoms with van der Waals surface area (Å²) in [5.41, 5.74) is 1.39. The maximum atomic E-state index is 9.02. The third-order valence-corrected chi connectivity index (χ3v) is 3.18. The molecule has 0 spiro atoms. The van der Waals surface area contributed by atoms with Gasteiger partial charge in [-0.2, -0.15) is 5.26 Å². The number of anilines is 1. The number of ether oxygens (including phenoxy) is 2. The van der Waals surface area contributed by atoms with Crippen molar-refractivity contribution in [1.82, 2.24) is 9.97 Å². The smallest absolute Gasteiger partial charge is 0.182 e. The van der Waals surface area contributed by atoms with E-state index in [1.807, 2.05) is 31.2 Å². The molecule has 1 aromatic heterocycles. The highest BCUT2D eigenvalue weighted by Gasteiger charge is 2.11. The summed E-state index contributed by atoms with van der Waals surface area (Å²) in [5, 5.41) is 12.2. The molecule has 114 valence electrons. The van der Waals surface area contributed by atoms with Crippen LogP contribution in [-0.2, 0) is 6.42 Å². The van der Waals surface area contributed by atoms with Gasteiger partial charge in [-0.15, -0.1) is 0 Å². The van der Waals surface area contributed by atoms with E-state index >= 15 is 0 Å². The number of aromatic nitrogens is 2. The number of hydrogen-bond acceptors (Lipinski definition) is 6. The van der Waals surface area contributed by atoms with Crippen LogP contribution in [0.3, 0.4) is 0 Å². The number of nitrogens with zero attached hydrogens (tertiary/aromatic N) is 3. The minimum atomic E-state index is 0.0851. The fraction of sp³-hybridized carbons (Fsp3) is 0.312. The van der Waals surface area contributed by atoms with E-state index in [2.05, 4.69) is 15.3 Å². The average molecular weight is 298 g/mol. The molecule has 0 saturated heterocycles. The molecule has 6 nitrogen and oxygen atoms in total. The Morgan fingerprint density at radius 2 is 1.91 bits per heavy atom. The summed E-state index contributed by atoms with van der Waals surface area (Å²) in [6.45, 7) is 2.02. The van der Waals surface area contributed by atoms with Crippen molar-refractivity contribution in [3.8, 4) is 17.6 Å². The molecular formula is C16H18N4O2. The molecule has 1 unspecified atom stereocenters. The maximum absolute atomic E-state index is 9.02. The van der Waals surface area contributed by atoms with Gasteiger partial charge in [0.1, 0.15) is 6.07 Å². The molecule has 0 aliphatic rings. The Balaban J connectivity index is 2.09. The molecule has 6 heteroatoms. The van der Waals surface area contributed by atoms with E-state index < -0.39 is 0 Å². The highest BCUT2D eigenvalue weighted by molar-refractivity contribution is 5.48. The van der Waals surface area contributed by atoms with Crippen LogP contribution in [0.1, 0.15) is 18.2 Å². The zero-order valence-electron chi connectivity index (χ0n) is 12.8. The van der Waals surface area contributed by atoms with Crippen molar-refractivity contribution in [1.29, 1.82) is 5.26 Å². The molecular weight excluding hydrogens is 280 g/mol. The van der Waals surface area contributed by atoms with E-state index in [9.17, 15) is 0 Å². The van der Waals surface area contributed by atoms with Gasteiger partial charge in [0.2, 0.25) is 0 Å². The summed E-state index contributed by atoms with van der Waals surface area (Å²) in [6, 6.07) is 7.92. The molecule has 0 bridgehead atoms. The SMILES string of the molecule is COc1ccc(CC(C)Nc2nccnc2C#N)cc1OC. The van der Waals surface area contributed by atoms with Gasteiger partial charge in [0.15, 0.2) is 23.0 Å². The summed E-state index contributed by atoms with van der Waals surface area (Å²) in [5.74, 6) is 1.90. The van der Waals surface area contributed by atoms with Gasteiger partial charge in [0, 0.05) is 18.4 Å². The Morgan fingerprint density at radius 1 is 1.18 bits per heavy atom. The molecule has 1 N–H and O–H groups in total. The Bertz CT molecular complexity index is 682. The summed E-state index contributed by atoms with van der Waals surface area (Å²) >= 11 is 0. The van der Waals surface area contributed by atoms with Crippen molar-refractivity contribution >= 4 is 5.82 Å². The monoisotopic (exact) mass is 298 g/mol. The van der Waals surface area contributed by atoms with Crippen LogP contribution < -0.4 is 14.8 Å². The second kappa shape index (κ2) is 7.27. The van der Waals surface area contributed by atoms with Gasteiger partial charge >= 0.3 is 0 Å². The van der Waals surface area contributed by atoms with Crippen LogP contribution in [0.15, 0.2) is 30.6 Å². The predicted molar refractivity (Wildman–Crippen MR) is 83.1 cm³/mol. The number of nitrogens with one attached hydrogen (secondary N) is 1. The van der Waals surface area contributed by atoms with Crippen LogP contribution in [-0.4, -0.2) is 30.2 Å². The lowest BCUT2D eigenvalue weighted by Crippen LogP contribution is -2.20. The molecule has 0 amide bonds. The molecule has 0 radical (unpaired) electrons. The standard InChI is InChI=1S/C16H18N4O2/c1-11(20-16-13(10-17)18-6-7-19-16)8-12-4-5-14(21-2)15(9-12)22-3/h4-7,9,11H,8H2,1-3H3,(H,19,20). The van der Waals surface area contributed by atoms with Crippen LogP contribution in [0.2, 0.25) is 0 Å². The van der Waals surface area contributed by atoms with Gasteiger partial charge in [-0.1, -0.05) is 6.07 Å². The molecule has 1 atom stereocenters. The molecule has 0 fully saturated rings. The first-order chi connectivity index (χ1) is 10.7. The van der Waals surface area contributed by atoms with E-state index in [0.29, 0.717) is 23.0 Å². The number of nitriles is 1. The third-order valence-electron chi connectivity index (χ3n) is 3.18. The molecule has 0 saturated carbocycles. The quantitative estimate of drug-likeness (QED) is 0.882.